The average Bonchev–Trinajstić information content (AvgIpc) is 3.13. The predicted octanol–water partition coefficient (Wildman–Crippen LogP) is 5.17. The molecule has 1 N–H and O–H groups in total. The number of rotatable bonds is 8. The maximum atomic E-state index is 13.4. The largest absolute Gasteiger partial charge is 0.507 e. The first-order valence-electron chi connectivity index (χ1n) is 12.2. The zero-order valence-corrected chi connectivity index (χ0v) is 21.8. The number of hydrogen-bond acceptors (Lipinski definition) is 6. The van der Waals surface area contributed by atoms with E-state index in [2.05, 4.69) is 0 Å². The van der Waals surface area contributed by atoms with Crippen LogP contribution >= 0.6 is 0 Å². The van der Waals surface area contributed by atoms with E-state index < -0.39 is 17.7 Å². The predicted molar refractivity (Wildman–Crippen MR) is 144 cm³/mol. The molecule has 0 aromatic heterocycles. The molecule has 37 heavy (non-hydrogen) atoms. The molecular formula is C30H32N2O5. The van der Waals surface area contributed by atoms with Gasteiger partial charge in [-0.3, -0.25) is 9.59 Å². The number of para-hydroxylation sites is 1. The minimum atomic E-state index is -0.771. The number of nitrogens with zero attached hydrogens (tertiary/aromatic N) is 2. The number of amides is 1. The summed E-state index contributed by atoms with van der Waals surface area (Å²) in [5.41, 5.74) is 2.94. The van der Waals surface area contributed by atoms with Gasteiger partial charge in [-0.15, -0.1) is 0 Å². The molecule has 1 aliphatic rings. The van der Waals surface area contributed by atoms with Crippen LogP contribution in [0.1, 0.15) is 36.6 Å². The highest BCUT2D eigenvalue weighted by atomic mass is 16.5. The van der Waals surface area contributed by atoms with Crippen molar-refractivity contribution in [2.45, 2.75) is 32.5 Å². The fraction of sp³-hybridized carbons (Fsp3) is 0.267. The van der Waals surface area contributed by atoms with E-state index in [4.69, 9.17) is 9.47 Å². The summed E-state index contributed by atoms with van der Waals surface area (Å²) in [4.78, 5) is 30.2. The number of carbonyl (C=O) groups excluding carboxylic acids is 2. The van der Waals surface area contributed by atoms with Crippen LogP contribution in [0.3, 0.4) is 0 Å². The van der Waals surface area contributed by atoms with Gasteiger partial charge in [0, 0.05) is 30.9 Å². The Morgan fingerprint density at radius 3 is 2.22 bits per heavy atom. The van der Waals surface area contributed by atoms with Crippen molar-refractivity contribution in [1.82, 2.24) is 4.90 Å². The molecule has 0 radical (unpaired) electrons. The maximum absolute atomic E-state index is 13.4. The van der Waals surface area contributed by atoms with Crippen molar-refractivity contribution in [1.29, 1.82) is 0 Å². The lowest BCUT2D eigenvalue weighted by Gasteiger charge is -2.26. The molecule has 4 rings (SSSR count). The average molecular weight is 501 g/mol. The first kappa shape index (κ1) is 25.8. The third kappa shape index (κ3) is 5.31. The number of likely N-dealkylation sites (tertiary alicyclic amines) is 1. The molecule has 1 unspecified atom stereocenters. The number of ether oxygens (including phenoxy) is 2. The monoisotopic (exact) mass is 500 g/mol. The summed E-state index contributed by atoms with van der Waals surface area (Å²) in [5.74, 6) is -0.352. The lowest BCUT2D eigenvalue weighted by molar-refractivity contribution is -0.140. The second-order valence-corrected chi connectivity index (χ2v) is 9.42. The molecule has 0 aliphatic carbocycles. The molecule has 1 amide bonds. The Labute approximate surface area is 217 Å². The van der Waals surface area contributed by atoms with Crippen LogP contribution in [0, 0.1) is 0 Å². The van der Waals surface area contributed by atoms with E-state index in [1.165, 1.54) is 4.90 Å². The molecule has 7 nitrogen and oxygen atoms in total. The van der Waals surface area contributed by atoms with Gasteiger partial charge in [0.1, 0.15) is 17.3 Å². The van der Waals surface area contributed by atoms with Gasteiger partial charge in [0.15, 0.2) is 0 Å². The number of ketones is 1. The van der Waals surface area contributed by atoms with Crippen molar-refractivity contribution < 1.29 is 24.2 Å². The SMILES string of the molecule is COc1ccccc1CN1C(=O)C(=O)/C(=C(\O)c2ccc(OC(C)C)cc2)C1c1ccc(N(C)C)cc1. The van der Waals surface area contributed by atoms with Crippen LogP contribution in [0.2, 0.25) is 0 Å². The molecule has 0 saturated carbocycles. The third-order valence-electron chi connectivity index (χ3n) is 6.30. The summed E-state index contributed by atoms with van der Waals surface area (Å²) in [6, 6.07) is 21.1. The molecule has 1 heterocycles. The van der Waals surface area contributed by atoms with Crippen molar-refractivity contribution in [2.75, 3.05) is 26.1 Å². The van der Waals surface area contributed by atoms with Crippen LogP contribution in [0.4, 0.5) is 5.69 Å². The molecule has 3 aromatic carbocycles. The number of carbonyl (C=O) groups is 2. The number of hydrogen-bond donors (Lipinski definition) is 1. The van der Waals surface area contributed by atoms with Crippen LogP contribution in [-0.4, -0.2) is 49.0 Å². The van der Waals surface area contributed by atoms with Gasteiger partial charge < -0.3 is 24.4 Å². The minimum Gasteiger partial charge on any atom is -0.507 e. The molecule has 0 bridgehead atoms. The summed E-state index contributed by atoms with van der Waals surface area (Å²) in [5, 5.41) is 11.3. The van der Waals surface area contributed by atoms with E-state index in [9.17, 15) is 14.7 Å². The number of anilines is 1. The molecule has 1 saturated heterocycles. The van der Waals surface area contributed by atoms with Crippen LogP contribution in [0.15, 0.2) is 78.4 Å². The van der Waals surface area contributed by atoms with E-state index in [1.54, 1.807) is 31.4 Å². The summed E-state index contributed by atoms with van der Waals surface area (Å²) in [7, 11) is 5.45. The summed E-state index contributed by atoms with van der Waals surface area (Å²) in [6.45, 7) is 4.00. The van der Waals surface area contributed by atoms with Crippen molar-refractivity contribution >= 4 is 23.1 Å². The number of Topliss-reactive ketones (excluding diaryl/α,β-unsaturated/α-hetero) is 1. The molecule has 7 heteroatoms. The first-order chi connectivity index (χ1) is 17.7. The number of aliphatic hydroxyl groups excluding tert-OH is 1. The molecule has 1 atom stereocenters. The molecule has 3 aromatic rings. The zero-order chi connectivity index (χ0) is 26.7. The standard InChI is InChI=1S/C30H32N2O5/c1-19(2)37-24-16-12-21(13-17-24)28(33)26-27(20-10-14-23(15-11-20)31(3)4)32(30(35)29(26)34)18-22-8-6-7-9-25(22)36-5/h6-17,19,27,33H,18H2,1-5H3/b28-26-. The lowest BCUT2D eigenvalue weighted by Crippen LogP contribution is -2.29. The van der Waals surface area contributed by atoms with Gasteiger partial charge in [0.2, 0.25) is 0 Å². The van der Waals surface area contributed by atoms with Crippen molar-refractivity contribution in [2.24, 2.45) is 0 Å². The second-order valence-electron chi connectivity index (χ2n) is 9.42. The van der Waals surface area contributed by atoms with Crippen molar-refractivity contribution in [3.05, 3.63) is 95.1 Å². The maximum Gasteiger partial charge on any atom is 0.295 e. The molecule has 0 spiro atoms. The normalized spacial score (nSPS) is 16.8. The molecule has 1 fully saturated rings. The fourth-order valence-corrected chi connectivity index (χ4v) is 4.48. The Balaban J connectivity index is 1.82. The Kier molecular flexibility index (Phi) is 7.53. The van der Waals surface area contributed by atoms with E-state index in [1.807, 2.05) is 81.4 Å². The number of benzene rings is 3. The van der Waals surface area contributed by atoms with Crippen LogP contribution < -0.4 is 14.4 Å². The summed E-state index contributed by atoms with van der Waals surface area (Å²) >= 11 is 0. The highest BCUT2D eigenvalue weighted by molar-refractivity contribution is 6.46. The second kappa shape index (κ2) is 10.8. The Morgan fingerprint density at radius 1 is 0.973 bits per heavy atom. The van der Waals surface area contributed by atoms with Gasteiger partial charge in [-0.25, -0.2) is 0 Å². The van der Waals surface area contributed by atoms with Crippen LogP contribution in [0.5, 0.6) is 11.5 Å². The van der Waals surface area contributed by atoms with Crippen molar-refractivity contribution in [3.8, 4) is 11.5 Å². The topological polar surface area (TPSA) is 79.3 Å². The minimum absolute atomic E-state index is 0.00452. The number of aliphatic hydroxyl groups is 1. The zero-order valence-electron chi connectivity index (χ0n) is 21.8. The summed E-state index contributed by atoms with van der Waals surface area (Å²) < 4.78 is 11.2. The quantitative estimate of drug-likeness (QED) is 0.261. The van der Waals surface area contributed by atoms with Gasteiger partial charge in [0.05, 0.1) is 31.4 Å². The van der Waals surface area contributed by atoms with Gasteiger partial charge >= 0.3 is 0 Å². The Bertz CT molecular complexity index is 1310. The fourth-order valence-electron chi connectivity index (χ4n) is 4.48. The van der Waals surface area contributed by atoms with E-state index in [0.717, 1.165) is 16.8 Å². The molecule has 192 valence electrons. The highest BCUT2D eigenvalue weighted by Gasteiger charge is 2.46. The van der Waals surface area contributed by atoms with E-state index >= 15 is 0 Å². The lowest BCUT2D eigenvalue weighted by atomic mass is 9.95. The van der Waals surface area contributed by atoms with E-state index in [0.29, 0.717) is 17.1 Å². The number of methoxy groups -OCH3 is 1. The summed E-state index contributed by atoms with van der Waals surface area (Å²) in [6.07, 6.45) is 0.00452. The van der Waals surface area contributed by atoms with Crippen LogP contribution in [0.25, 0.3) is 5.76 Å². The smallest absolute Gasteiger partial charge is 0.295 e. The highest BCUT2D eigenvalue weighted by Crippen LogP contribution is 2.41. The van der Waals surface area contributed by atoms with Crippen LogP contribution in [-0.2, 0) is 16.1 Å². The third-order valence-corrected chi connectivity index (χ3v) is 6.30. The van der Waals surface area contributed by atoms with Gasteiger partial charge in [-0.1, -0.05) is 30.3 Å². The van der Waals surface area contributed by atoms with Crippen molar-refractivity contribution in [3.63, 3.8) is 0 Å². The molecular weight excluding hydrogens is 468 g/mol. The van der Waals surface area contributed by atoms with E-state index in [-0.39, 0.29) is 24.0 Å². The van der Waals surface area contributed by atoms with Gasteiger partial charge in [0.25, 0.3) is 11.7 Å². The Morgan fingerprint density at radius 2 is 1.62 bits per heavy atom. The molecule has 1 aliphatic heterocycles. The first-order valence-corrected chi connectivity index (χ1v) is 12.2. The van der Waals surface area contributed by atoms with Gasteiger partial charge in [-0.2, -0.15) is 0 Å². The van der Waals surface area contributed by atoms with Gasteiger partial charge in [-0.05, 0) is 61.9 Å². The Hall–Kier alpha value is -4.26.